The van der Waals surface area contributed by atoms with Gasteiger partial charge in [0.15, 0.2) is 0 Å². The monoisotopic (exact) mass is 493 g/mol. The van der Waals surface area contributed by atoms with Crippen molar-refractivity contribution in [2.24, 2.45) is 0 Å². The molecule has 166 valence electrons. The van der Waals surface area contributed by atoms with Crippen molar-refractivity contribution in [3.05, 3.63) is 101 Å². The summed E-state index contributed by atoms with van der Waals surface area (Å²) in [5.41, 5.74) is 2.88. The fourth-order valence-corrected chi connectivity index (χ4v) is 3.82. The van der Waals surface area contributed by atoms with Gasteiger partial charge in [0, 0.05) is 24.0 Å². The number of anilines is 1. The van der Waals surface area contributed by atoms with Gasteiger partial charge in [0.25, 0.3) is 0 Å². The fourth-order valence-electron chi connectivity index (χ4n) is 3.43. The summed E-state index contributed by atoms with van der Waals surface area (Å²) < 4.78 is 0.805. The van der Waals surface area contributed by atoms with Crippen LogP contribution in [0.5, 0.6) is 0 Å². The van der Waals surface area contributed by atoms with Gasteiger partial charge in [-0.1, -0.05) is 72.8 Å². The summed E-state index contributed by atoms with van der Waals surface area (Å²) in [6, 6.07) is 26.9. The first-order valence-corrected chi connectivity index (χ1v) is 11.5. The highest BCUT2D eigenvalue weighted by Gasteiger charge is 2.23. The Hall–Kier alpha value is -3.12. The van der Waals surface area contributed by atoms with E-state index in [1.165, 1.54) is 5.56 Å². The van der Waals surface area contributed by atoms with Crippen LogP contribution in [0.15, 0.2) is 89.4 Å². The maximum Gasteiger partial charge on any atom is 0.322 e. The van der Waals surface area contributed by atoms with Gasteiger partial charge in [0.2, 0.25) is 5.91 Å². The number of rotatable bonds is 9. The maximum atomic E-state index is 13.2. The molecule has 32 heavy (non-hydrogen) atoms. The molecule has 3 aromatic rings. The fraction of sp³-hybridized carbons (Fsp3) is 0.231. The summed E-state index contributed by atoms with van der Waals surface area (Å²) in [6.45, 7) is 2.85. The van der Waals surface area contributed by atoms with Crippen molar-refractivity contribution in [3.63, 3.8) is 0 Å². The molecule has 0 saturated carbocycles. The minimum atomic E-state index is -0.245. The van der Waals surface area contributed by atoms with Crippen LogP contribution < -0.4 is 10.6 Å². The molecule has 0 bridgehead atoms. The van der Waals surface area contributed by atoms with Crippen LogP contribution in [0.4, 0.5) is 10.5 Å². The lowest BCUT2D eigenvalue weighted by Gasteiger charge is -2.30. The first kappa shape index (κ1) is 23.5. The van der Waals surface area contributed by atoms with Crippen LogP contribution in [0.25, 0.3) is 0 Å². The molecular weight excluding hydrogens is 466 g/mol. The van der Waals surface area contributed by atoms with E-state index >= 15 is 0 Å². The summed E-state index contributed by atoms with van der Waals surface area (Å²) in [5.74, 6) is -0.0696. The predicted octanol–water partition coefficient (Wildman–Crippen LogP) is 5.79. The van der Waals surface area contributed by atoms with E-state index < -0.39 is 0 Å². The van der Waals surface area contributed by atoms with Gasteiger partial charge in [-0.2, -0.15) is 0 Å². The molecule has 0 aromatic heterocycles. The average Bonchev–Trinajstić information content (AvgIpc) is 2.82. The maximum absolute atomic E-state index is 13.2. The molecule has 3 rings (SSSR count). The molecule has 3 aromatic carbocycles. The van der Waals surface area contributed by atoms with Crippen LogP contribution in [-0.4, -0.2) is 29.9 Å². The van der Waals surface area contributed by atoms with Gasteiger partial charge in [0.05, 0.1) is 11.7 Å². The van der Waals surface area contributed by atoms with Crippen LogP contribution in [0, 0.1) is 0 Å². The zero-order chi connectivity index (χ0) is 22.8. The number of carbonyl (C=O) groups excluding carboxylic acids is 2. The third-order valence-corrected chi connectivity index (χ3v) is 5.98. The highest BCUT2D eigenvalue weighted by Crippen LogP contribution is 2.25. The van der Waals surface area contributed by atoms with Crippen molar-refractivity contribution < 1.29 is 9.59 Å². The minimum Gasteiger partial charge on any atom is -0.356 e. The number of nitrogens with one attached hydrogen (secondary N) is 2. The lowest BCUT2D eigenvalue weighted by atomic mass is 10.1. The minimum absolute atomic E-state index is 0.0696. The molecule has 1 atom stereocenters. The number of para-hydroxylation sites is 1. The van der Waals surface area contributed by atoms with Crippen LogP contribution in [0.2, 0.25) is 0 Å². The first-order chi connectivity index (χ1) is 15.5. The number of amides is 3. The summed E-state index contributed by atoms with van der Waals surface area (Å²) in [6.07, 6.45) is 1.01. The van der Waals surface area contributed by atoms with Crippen LogP contribution >= 0.6 is 15.9 Å². The van der Waals surface area contributed by atoms with Crippen molar-refractivity contribution in [3.8, 4) is 0 Å². The van der Waals surface area contributed by atoms with E-state index in [1.54, 1.807) is 4.90 Å². The summed E-state index contributed by atoms with van der Waals surface area (Å²) in [7, 11) is 0. The Morgan fingerprint density at radius 1 is 0.906 bits per heavy atom. The molecule has 0 aliphatic rings. The van der Waals surface area contributed by atoms with Gasteiger partial charge in [-0.3, -0.25) is 4.79 Å². The van der Waals surface area contributed by atoms with Crippen LogP contribution in [0.1, 0.15) is 30.5 Å². The lowest BCUT2D eigenvalue weighted by Crippen LogP contribution is -2.40. The van der Waals surface area contributed by atoms with E-state index in [0.717, 1.165) is 16.5 Å². The number of hydrogen-bond donors (Lipinski definition) is 2. The first-order valence-electron chi connectivity index (χ1n) is 10.7. The van der Waals surface area contributed by atoms with E-state index in [1.807, 2.05) is 91.9 Å². The smallest absolute Gasteiger partial charge is 0.322 e. The lowest BCUT2D eigenvalue weighted by molar-refractivity contribution is -0.121. The number of carbonyl (C=O) groups is 2. The zero-order valence-corrected chi connectivity index (χ0v) is 19.7. The van der Waals surface area contributed by atoms with E-state index in [9.17, 15) is 9.59 Å². The molecule has 0 radical (unpaired) electrons. The summed E-state index contributed by atoms with van der Waals surface area (Å²) in [4.78, 5) is 27.3. The standard InChI is InChI=1S/C26H28BrN3O2/c1-20(22-12-6-3-7-13-22)30(26(32)29-24-15-9-8-14-23(24)27)19-17-25(31)28-18-16-21-10-4-2-5-11-21/h2-15,20H,16-19H2,1H3,(H,28,31)(H,29,32). The largest absolute Gasteiger partial charge is 0.356 e. The number of halogens is 1. The van der Waals surface area contributed by atoms with Crippen LogP contribution in [0.3, 0.4) is 0 Å². The van der Waals surface area contributed by atoms with Crippen molar-refractivity contribution in [2.75, 3.05) is 18.4 Å². The van der Waals surface area contributed by atoms with Gasteiger partial charge in [-0.25, -0.2) is 4.79 Å². The van der Waals surface area contributed by atoms with Crippen LogP contribution in [-0.2, 0) is 11.2 Å². The molecule has 0 saturated heterocycles. The molecule has 2 N–H and O–H groups in total. The Kier molecular flexibility index (Phi) is 8.87. The zero-order valence-electron chi connectivity index (χ0n) is 18.1. The molecule has 5 nitrogen and oxygen atoms in total. The molecule has 6 heteroatoms. The highest BCUT2D eigenvalue weighted by atomic mass is 79.9. The number of urea groups is 1. The van der Waals surface area contributed by atoms with E-state index in [0.29, 0.717) is 18.8 Å². The van der Waals surface area contributed by atoms with Gasteiger partial charge >= 0.3 is 6.03 Å². The van der Waals surface area contributed by atoms with Crippen molar-refractivity contribution in [1.82, 2.24) is 10.2 Å². The van der Waals surface area contributed by atoms with Gasteiger partial charge in [-0.05, 0) is 52.5 Å². The predicted molar refractivity (Wildman–Crippen MR) is 132 cm³/mol. The summed E-state index contributed by atoms with van der Waals surface area (Å²) >= 11 is 3.47. The SMILES string of the molecule is CC(c1ccccc1)N(CCC(=O)NCCc1ccccc1)C(=O)Nc1ccccc1Br. The molecule has 1 unspecified atom stereocenters. The quantitative estimate of drug-likeness (QED) is 0.396. The second kappa shape index (κ2) is 12.1. The Morgan fingerprint density at radius 2 is 1.53 bits per heavy atom. The Balaban J connectivity index is 1.62. The topological polar surface area (TPSA) is 61.4 Å². The molecule has 0 heterocycles. The van der Waals surface area contributed by atoms with E-state index in [-0.39, 0.29) is 24.4 Å². The normalized spacial score (nSPS) is 11.4. The second-order valence-electron chi connectivity index (χ2n) is 7.53. The summed E-state index contributed by atoms with van der Waals surface area (Å²) in [5, 5.41) is 5.92. The molecule has 0 fully saturated rings. The highest BCUT2D eigenvalue weighted by molar-refractivity contribution is 9.10. The Morgan fingerprint density at radius 3 is 2.22 bits per heavy atom. The van der Waals surface area contributed by atoms with E-state index in [4.69, 9.17) is 0 Å². The Bertz CT molecular complexity index is 1010. The number of nitrogens with zero attached hydrogens (tertiary/aromatic N) is 1. The number of benzene rings is 3. The van der Waals surface area contributed by atoms with Gasteiger partial charge in [-0.15, -0.1) is 0 Å². The molecule has 0 aliphatic carbocycles. The van der Waals surface area contributed by atoms with Crippen molar-refractivity contribution in [2.45, 2.75) is 25.8 Å². The van der Waals surface area contributed by atoms with Gasteiger partial charge < -0.3 is 15.5 Å². The molecular formula is C26H28BrN3O2. The third-order valence-electron chi connectivity index (χ3n) is 5.28. The molecule has 3 amide bonds. The van der Waals surface area contributed by atoms with Crippen molar-refractivity contribution >= 4 is 33.6 Å². The third kappa shape index (κ3) is 6.95. The Labute approximate surface area is 198 Å². The van der Waals surface area contributed by atoms with E-state index in [2.05, 4.69) is 26.6 Å². The second-order valence-corrected chi connectivity index (χ2v) is 8.38. The average molecular weight is 494 g/mol. The van der Waals surface area contributed by atoms with Gasteiger partial charge in [0.1, 0.15) is 0 Å². The molecule has 0 aliphatic heterocycles. The van der Waals surface area contributed by atoms with Crippen molar-refractivity contribution in [1.29, 1.82) is 0 Å². The number of hydrogen-bond acceptors (Lipinski definition) is 2. The molecule has 0 spiro atoms.